The summed E-state index contributed by atoms with van der Waals surface area (Å²) in [5, 5.41) is 0. The molecular weight excluding hydrogens is 568 g/mol. The second-order valence-electron chi connectivity index (χ2n) is 7.36. The molecule has 7 atom stereocenters. The number of amides is 1. The molecule has 1 aliphatic heterocycles. The summed E-state index contributed by atoms with van der Waals surface area (Å²) in [7, 11) is 5.33. The van der Waals surface area contributed by atoms with Crippen molar-refractivity contribution in [3.8, 4) is 0 Å². The second kappa shape index (κ2) is 7.18. The first-order valence-electron chi connectivity index (χ1n) is 8.96. The van der Waals surface area contributed by atoms with E-state index in [1.807, 2.05) is 13.0 Å². The fraction of sp³-hybridized carbons (Fsp3) is 0.300. The molecule has 0 spiro atoms. The Bertz CT molecular complexity index is 983. The van der Waals surface area contributed by atoms with Gasteiger partial charge in [-0.05, 0) is 0 Å². The number of carbonyl (C=O) groups excluding carboxylic acids is 3. The minimum atomic E-state index is -0.669. The van der Waals surface area contributed by atoms with Crippen LogP contribution in [-0.2, 0) is 22.9 Å². The minimum absolute atomic E-state index is 0.00788. The van der Waals surface area contributed by atoms with Crippen LogP contribution in [0.2, 0.25) is 0 Å². The van der Waals surface area contributed by atoms with E-state index in [1.165, 1.54) is 0 Å². The molecule has 2 aliphatic carbocycles. The Kier molecular flexibility index (Phi) is 5.12. The van der Waals surface area contributed by atoms with Crippen LogP contribution in [0.1, 0.15) is 27.6 Å². The Morgan fingerprint density at radius 2 is 1.71 bits per heavy atom. The SMILES string of the molecule is CC1C2C(=O)c3ccccc3C(=O)C2=C(N)C=CC1N1C(=O)C(P)C(P)[C]1=[Os]. The summed E-state index contributed by atoms with van der Waals surface area (Å²) in [5.74, 6) is -1.25. The van der Waals surface area contributed by atoms with Gasteiger partial charge in [0.15, 0.2) is 0 Å². The van der Waals surface area contributed by atoms with E-state index in [1.54, 1.807) is 53.4 Å². The Labute approximate surface area is 178 Å². The summed E-state index contributed by atoms with van der Waals surface area (Å²) in [6, 6.07) is 6.54. The van der Waals surface area contributed by atoms with Crippen molar-refractivity contribution in [1.82, 2.24) is 4.90 Å². The number of nitrogens with two attached hydrogens (primary N) is 1. The van der Waals surface area contributed by atoms with Crippen molar-refractivity contribution in [2.45, 2.75) is 24.3 Å². The van der Waals surface area contributed by atoms with Crippen molar-refractivity contribution in [3.05, 3.63) is 58.8 Å². The van der Waals surface area contributed by atoms with Crippen LogP contribution < -0.4 is 5.73 Å². The number of carbonyl (C=O) groups is 3. The zero-order chi connectivity index (χ0) is 20.3. The number of fused-ring (bicyclic) bond motifs is 2. The Hall–Kier alpha value is -1.32. The van der Waals surface area contributed by atoms with E-state index in [-0.39, 0.29) is 40.8 Å². The molecule has 1 heterocycles. The van der Waals surface area contributed by atoms with Gasteiger partial charge in [0.1, 0.15) is 0 Å². The topological polar surface area (TPSA) is 80.5 Å². The molecule has 4 rings (SSSR count). The van der Waals surface area contributed by atoms with Crippen molar-refractivity contribution in [2.75, 3.05) is 0 Å². The molecule has 1 saturated heterocycles. The van der Waals surface area contributed by atoms with Gasteiger partial charge in [-0.3, -0.25) is 0 Å². The fourth-order valence-corrected chi connectivity index (χ4v) is 6.53. The molecule has 8 heteroatoms. The van der Waals surface area contributed by atoms with E-state index in [4.69, 9.17) is 5.73 Å². The van der Waals surface area contributed by atoms with Crippen LogP contribution in [0.25, 0.3) is 0 Å². The normalized spacial score (nSPS) is 32.6. The summed E-state index contributed by atoms with van der Waals surface area (Å²) >= 11 is 1.70. The number of nitrogens with zero attached hydrogens (tertiary/aromatic N) is 1. The van der Waals surface area contributed by atoms with Crippen molar-refractivity contribution >= 4 is 40.1 Å². The van der Waals surface area contributed by atoms with Crippen LogP contribution >= 0.6 is 18.5 Å². The molecule has 7 unspecified atom stereocenters. The first-order valence-corrected chi connectivity index (χ1v) is 11.6. The molecule has 2 N–H and O–H groups in total. The van der Waals surface area contributed by atoms with Gasteiger partial charge in [-0.15, -0.1) is 0 Å². The molecule has 3 aliphatic rings. The molecule has 1 amide bonds. The Morgan fingerprint density at radius 3 is 2.32 bits per heavy atom. The maximum atomic E-state index is 13.4. The number of hydrogen-bond donors (Lipinski definition) is 1. The first-order chi connectivity index (χ1) is 13.3. The average molecular weight is 589 g/mol. The van der Waals surface area contributed by atoms with Gasteiger partial charge < -0.3 is 0 Å². The van der Waals surface area contributed by atoms with Crippen LogP contribution in [0.3, 0.4) is 0 Å². The number of hydrogen-bond acceptors (Lipinski definition) is 4. The predicted molar refractivity (Wildman–Crippen MR) is 111 cm³/mol. The zero-order valence-corrected chi connectivity index (χ0v) is 20.0. The predicted octanol–water partition coefficient (Wildman–Crippen LogP) is 1.48. The summed E-state index contributed by atoms with van der Waals surface area (Å²) < 4.78 is 0.966. The summed E-state index contributed by atoms with van der Waals surface area (Å²) in [5.41, 5.74) is 7.57. The van der Waals surface area contributed by atoms with Gasteiger partial charge in [-0.2, -0.15) is 0 Å². The fourth-order valence-electron chi connectivity index (χ4n) is 4.29. The first kappa shape index (κ1) is 20.0. The molecule has 28 heavy (non-hydrogen) atoms. The quantitative estimate of drug-likeness (QED) is 0.505. The maximum absolute atomic E-state index is 13.4. The number of Topliss-reactive ketones (excluding diaryl/α,β-unsaturated/α-hetero) is 2. The molecule has 1 fully saturated rings. The third kappa shape index (κ3) is 2.77. The molecule has 0 bridgehead atoms. The zero-order valence-electron chi connectivity index (χ0n) is 15.1. The van der Waals surface area contributed by atoms with Gasteiger partial charge in [0.25, 0.3) is 0 Å². The summed E-state index contributed by atoms with van der Waals surface area (Å²) in [6.07, 6.45) is 3.55. The van der Waals surface area contributed by atoms with Crippen molar-refractivity contribution < 1.29 is 32.5 Å². The van der Waals surface area contributed by atoms with Gasteiger partial charge in [0.05, 0.1) is 0 Å². The van der Waals surface area contributed by atoms with Crippen LogP contribution in [0.5, 0.6) is 0 Å². The van der Waals surface area contributed by atoms with Gasteiger partial charge in [0.2, 0.25) is 0 Å². The van der Waals surface area contributed by atoms with Crippen LogP contribution in [0, 0.1) is 11.8 Å². The molecule has 1 aromatic rings. The number of ketones is 2. The van der Waals surface area contributed by atoms with Gasteiger partial charge in [-0.25, -0.2) is 0 Å². The van der Waals surface area contributed by atoms with Gasteiger partial charge >= 0.3 is 178 Å². The monoisotopic (exact) mass is 590 g/mol. The number of rotatable bonds is 1. The van der Waals surface area contributed by atoms with E-state index in [9.17, 15) is 14.4 Å². The van der Waals surface area contributed by atoms with Gasteiger partial charge in [0, 0.05) is 0 Å². The standard InChI is InChI=1S/C20H20N2O3P2.Os/c1-9-13(22-8-14(26)19(27)20(22)25)7-6-12(21)16-15(9)17(23)10-4-2-3-5-11(10)18(16)24;/h2-7,9,13-15,19H,21,26-27H2,1H3;. The number of allylic oxidation sites excluding steroid dienone is 2. The Balaban J connectivity index is 1.83. The number of benzene rings is 1. The Morgan fingerprint density at radius 1 is 1.07 bits per heavy atom. The van der Waals surface area contributed by atoms with E-state index >= 15 is 0 Å². The van der Waals surface area contributed by atoms with E-state index in [2.05, 4.69) is 18.5 Å². The molecule has 0 radical (unpaired) electrons. The van der Waals surface area contributed by atoms with Gasteiger partial charge in [-0.1, -0.05) is 0 Å². The van der Waals surface area contributed by atoms with Crippen LogP contribution in [0.15, 0.2) is 47.7 Å². The molecule has 146 valence electrons. The number of likely N-dealkylation sites (tertiary alicyclic amines) is 1. The summed E-state index contributed by atoms with van der Waals surface area (Å²) in [4.78, 5) is 41.2. The van der Waals surface area contributed by atoms with Crippen molar-refractivity contribution in [1.29, 1.82) is 0 Å². The third-order valence-corrected chi connectivity index (χ3v) is 9.95. The third-order valence-electron chi connectivity index (χ3n) is 5.82. The van der Waals surface area contributed by atoms with Crippen LogP contribution in [0.4, 0.5) is 0 Å². The average Bonchev–Trinajstić information content (AvgIpc) is 2.81. The second-order valence-corrected chi connectivity index (χ2v) is 10.1. The van der Waals surface area contributed by atoms with E-state index < -0.39 is 5.92 Å². The molecule has 1 aromatic carbocycles. The van der Waals surface area contributed by atoms with Crippen molar-refractivity contribution in [2.24, 2.45) is 17.6 Å². The molecule has 0 aromatic heterocycles. The molecular formula is C20H20N2O3OsP2. The summed E-state index contributed by atoms with van der Waals surface area (Å²) in [6.45, 7) is 1.93. The molecule has 5 nitrogen and oxygen atoms in total. The van der Waals surface area contributed by atoms with Crippen LogP contribution in [-0.4, -0.2) is 43.9 Å². The van der Waals surface area contributed by atoms with Crippen molar-refractivity contribution in [3.63, 3.8) is 0 Å². The van der Waals surface area contributed by atoms with E-state index in [0.29, 0.717) is 22.4 Å². The molecule has 0 saturated carbocycles. The van der Waals surface area contributed by atoms with E-state index in [0.717, 1.165) is 4.19 Å².